The Bertz CT molecular complexity index is 1110. The number of para-hydroxylation sites is 1. The van der Waals surface area contributed by atoms with Crippen LogP contribution >= 0.6 is 0 Å². The number of urea groups is 1. The average Bonchev–Trinajstić information content (AvgIpc) is 3.15. The molecular formula is C22H31N5O5S. The topological polar surface area (TPSA) is 123 Å². The van der Waals surface area contributed by atoms with Gasteiger partial charge in [-0.25, -0.2) is 9.52 Å². The van der Waals surface area contributed by atoms with Gasteiger partial charge in [-0.1, -0.05) is 45.9 Å². The Morgan fingerprint density at radius 3 is 2.18 bits per heavy atom. The second kappa shape index (κ2) is 9.92. The molecule has 1 aromatic heterocycles. The largest absolute Gasteiger partial charge is 0.378 e. The Labute approximate surface area is 194 Å². The van der Waals surface area contributed by atoms with Gasteiger partial charge in [-0.15, -0.1) is 0 Å². The summed E-state index contributed by atoms with van der Waals surface area (Å²) in [6.45, 7) is 9.68. The third kappa shape index (κ3) is 5.53. The number of ether oxygens (including phenoxy) is 1. The van der Waals surface area contributed by atoms with Crippen LogP contribution in [0.1, 0.15) is 61.1 Å². The molecule has 0 spiro atoms. The lowest BCUT2D eigenvalue weighted by molar-refractivity contribution is 0.0295. The van der Waals surface area contributed by atoms with E-state index in [1.807, 2.05) is 50.6 Å². The molecule has 1 saturated heterocycles. The summed E-state index contributed by atoms with van der Waals surface area (Å²) in [6, 6.07) is 6.02. The zero-order chi connectivity index (χ0) is 24.3. The van der Waals surface area contributed by atoms with Crippen LogP contribution in [-0.4, -0.2) is 61.3 Å². The first-order chi connectivity index (χ1) is 15.5. The van der Waals surface area contributed by atoms with Gasteiger partial charge in [0.05, 0.1) is 13.2 Å². The van der Waals surface area contributed by atoms with Crippen LogP contribution in [0.2, 0.25) is 0 Å². The molecule has 2 heterocycles. The summed E-state index contributed by atoms with van der Waals surface area (Å²) in [6.07, 6.45) is 0. The number of amides is 3. The number of carbonyl (C=O) groups is 2. The fourth-order valence-corrected chi connectivity index (χ4v) is 4.61. The molecule has 0 bridgehead atoms. The molecule has 180 valence electrons. The Morgan fingerprint density at radius 2 is 1.64 bits per heavy atom. The number of rotatable bonds is 6. The van der Waals surface area contributed by atoms with Crippen LogP contribution in [-0.2, 0) is 21.8 Å². The molecule has 0 unspecified atom stereocenters. The number of benzene rings is 1. The lowest BCUT2D eigenvalue weighted by Crippen LogP contribution is -2.41. The molecule has 10 nitrogen and oxygen atoms in total. The van der Waals surface area contributed by atoms with E-state index in [-0.39, 0.29) is 23.4 Å². The summed E-state index contributed by atoms with van der Waals surface area (Å²) in [4.78, 5) is 27.0. The van der Waals surface area contributed by atoms with Crippen molar-refractivity contribution in [2.45, 2.75) is 44.6 Å². The van der Waals surface area contributed by atoms with Gasteiger partial charge in [0.1, 0.15) is 5.69 Å². The first kappa shape index (κ1) is 24.7. The predicted octanol–water partition coefficient (Wildman–Crippen LogP) is 2.65. The molecule has 1 aliphatic rings. The molecule has 33 heavy (non-hydrogen) atoms. The molecule has 0 atom stereocenters. The number of sulfonamides is 1. The van der Waals surface area contributed by atoms with E-state index < -0.39 is 21.1 Å². The Hall–Kier alpha value is -2.92. The number of aromatic nitrogens is 2. The van der Waals surface area contributed by atoms with E-state index in [1.54, 1.807) is 4.90 Å². The summed E-state index contributed by atoms with van der Waals surface area (Å²) in [5.41, 5.74) is 2.53. The number of morpholine rings is 1. The number of nitrogens with zero attached hydrogens (tertiary/aromatic N) is 3. The normalized spacial score (nSPS) is 14.6. The van der Waals surface area contributed by atoms with Crippen molar-refractivity contribution >= 4 is 27.6 Å². The van der Waals surface area contributed by atoms with E-state index in [9.17, 15) is 18.0 Å². The van der Waals surface area contributed by atoms with Crippen LogP contribution in [0.4, 0.5) is 10.5 Å². The van der Waals surface area contributed by atoms with Gasteiger partial charge in [0.2, 0.25) is 0 Å². The van der Waals surface area contributed by atoms with Crippen LogP contribution in [0, 0.1) is 0 Å². The van der Waals surface area contributed by atoms with Crippen LogP contribution in [0.15, 0.2) is 29.3 Å². The highest BCUT2D eigenvalue weighted by atomic mass is 32.2. The maximum atomic E-state index is 12.8. The monoisotopic (exact) mass is 477 g/mol. The quantitative estimate of drug-likeness (QED) is 0.659. The van der Waals surface area contributed by atoms with Crippen molar-refractivity contribution in [1.82, 2.24) is 19.4 Å². The van der Waals surface area contributed by atoms with Gasteiger partial charge in [0.15, 0.2) is 5.03 Å². The fraction of sp³-hybridized carbons (Fsp3) is 0.500. The number of anilines is 1. The molecule has 3 rings (SSSR count). The molecule has 1 aliphatic heterocycles. The van der Waals surface area contributed by atoms with Gasteiger partial charge in [-0.05, 0) is 23.0 Å². The number of hydrogen-bond acceptors (Lipinski definition) is 6. The second-order valence-electron chi connectivity index (χ2n) is 8.58. The molecule has 2 aromatic rings. The van der Waals surface area contributed by atoms with E-state index in [4.69, 9.17) is 4.74 Å². The number of hydrogen-bond donors (Lipinski definition) is 2. The second-order valence-corrected chi connectivity index (χ2v) is 10.2. The van der Waals surface area contributed by atoms with Gasteiger partial charge >= 0.3 is 6.03 Å². The van der Waals surface area contributed by atoms with Crippen LogP contribution in [0.5, 0.6) is 0 Å². The highest BCUT2D eigenvalue weighted by molar-refractivity contribution is 7.90. The van der Waals surface area contributed by atoms with Gasteiger partial charge in [-0.3, -0.25) is 9.48 Å². The number of nitrogens with one attached hydrogen (secondary N) is 2. The molecule has 11 heteroatoms. The van der Waals surface area contributed by atoms with E-state index in [0.717, 1.165) is 11.1 Å². The molecular weight excluding hydrogens is 446 g/mol. The molecule has 3 amide bonds. The predicted molar refractivity (Wildman–Crippen MR) is 124 cm³/mol. The Balaban J connectivity index is 1.81. The van der Waals surface area contributed by atoms with Crippen LogP contribution in [0.25, 0.3) is 0 Å². The lowest BCUT2D eigenvalue weighted by atomic mass is 9.93. The third-order valence-corrected chi connectivity index (χ3v) is 6.69. The van der Waals surface area contributed by atoms with Crippen molar-refractivity contribution in [3.8, 4) is 0 Å². The minimum absolute atomic E-state index is 0.116. The van der Waals surface area contributed by atoms with Crippen molar-refractivity contribution in [3.05, 3.63) is 41.1 Å². The first-order valence-corrected chi connectivity index (χ1v) is 12.4. The molecule has 0 radical (unpaired) electrons. The van der Waals surface area contributed by atoms with Gasteiger partial charge in [-0.2, -0.15) is 13.5 Å². The van der Waals surface area contributed by atoms with Gasteiger partial charge < -0.3 is 15.0 Å². The zero-order valence-electron chi connectivity index (χ0n) is 19.6. The van der Waals surface area contributed by atoms with Gasteiger partial charge in [0, 0.05) is 31.9 Å². The highest BCUT2D eigenvalue weighted by Crippen LogP contribution is 2.32. The summed E-state index contributed by atoms with van der Waals surface area (Å²) in [5.74, 6) is -0.0908. The summed E-state index contributed by atoms with van der Waals surface area (Å²) >= 11 is 0. The van der Waals surface area contributed by atoms with E-state index in [0.29, 0.717) is 32.0 Å². The maximum absolute atomic E-state index is 12.8. The lowest BCUT2D eigenvalue weighted by Gasteiger charge is -2.26. The van der Waals surface area contributed by atoms with Crippen molar-refractivity contribution in [2.24, 2.45) is 7.05 Å². The first-order valence-electron chi connectivity index (χ1n) is 10.9. The average molecular weight is 478 g/mol. The number of aryl methyl sites for hydroxylation is 1. The summed E-state index contributed by atoms with van der Waals surface area (Å²) in [5, 5.41) is 6.26. The molecule has 0 saturated carbocycles. The Morgan fingerprint density at radius 1 is 1.06 bits per heavy atom. The van der Waals surface area contributed by atoms with Crippen LogP contribution in [0.3, 0.4) is 0 Å². The third-order valence-electron chi connectivity index (χ3n) is 5.49. The maximum Gasteiger partial charge on any atom is 0.333 e. The highest BCUT2D eigenvalue weighted by Gasteiger charge is 2.28. The molecule has 1 aromatic carbocycles. The van der Waals surface area contributed by atoms with Crippen LogP contribution < -0.4 is 10.0 Å². The smallest absolute Gasteiger partial charge is 0.333 e. The summed E-state index contributed by atoms with van der Waals surface area (Å²) in [7, 11) is -2.81. The molecule has 0 aliphatic carbocycles. The summed E-state index contributed by atoms with van der Waals surface area (Å²) < 4.78 is 34.1. The molecule has 1 fully saturated rings. The van der Waals surface area contributed by atoms with Crippen molar-refractivity contribution in [3.63, 3.8) is 0 Å². The fourth-order valence-electron chi connectivity index (χ4n) is 3.71. The van der Waals surface area contributed by atoms with E-state index in [2.05, 4.69) is 10.4 Å². The van der Waals surface area contributed by atoms with Crippen molar-refractivity contribution < 1.29 is 22.7 Å². The SMILES string of the molecule is CC(C)c1cccc(C(C)C)c1NC(=O)NS(=O)(=O)c1cc(C(=O)N2CCOCC2)n(C)n1. The number of carbonyl (C=O) groups excluding carboxylic acids is 2. The van der Waals surface area contributed by atoms with E-state index in [1.165, 1.54) is 17.8 Å². The van der Waals surface area contributed by atoms with Crippen molar-refractivity contribution in [1.29, 1.82) is 0 Å². The minimum Gasteiger partial charge on any atom is -0.378 e. The molecule has 2 N–H and O–H groups in total. The van der Waals surface area contributed by atoms with E-state index >= 15 is 0 Å². The minimum atomic E-state index is -4.30. The van der Waals surface area contributed by atoms with Gasteiger partial charge in [0.25, 0.3) is 15.9 Å². The zero-order valence-corrected chi connectivity index (χ0v) is 20.4. The van der Waals surface area contributed by atoms with Crippen molar-refractivity contribution in [2.75, 3.05) is 31.6 Å². The Kier molecular flexibility index (Phi) is 7.43. The standard InChI is InChI=1S/C22H31N5O5S/c1-14(2)16-7-6-8-17(15(3)4)20(16)23-22(29)25-33(30,31)19-13-18(26(5)24-19)21(28)27-9-11-32-12-10-27/h6-8,13-15H,9-12H2,1-5H3,(H2,23,25,29).